The molecule has 1 unspecified atom stereocenters. The third-order valence-corrected chi connectivity index (χ3v) is 3.79. The van der Waals surface area contributed by atoms with Gasteiger partial charge in [-0.3, -0.25) is 9.59 Å². The van der Waals surface area contributed by atoms with Crippen LogP contribution in [0.5, 0.6) is 5.75 Å². The van der Waals surface area contributed by atoms with Crippen LogP contribution in [-0.4, -0.2) is 42.5 Å². The molecule has 0 spiro atoms. The van der Waals surface area contributed by atoms with Crippen molar-refractivity contribution in [1.82, 2.24) is 10.2 Å². The number of rotatable bonds is 7. The molecular weight excluding hydrogens is 304 g/mol. The minimum absolute atomic E-state index is 0.173. The fourth-order valence-electron chi connectivity index (χ4n) is 2.36. The molecule has 5 nitrogen and oxygen atoms in total. The van der Waals surface area contributed by atoms with Crippen molar-refractivity contribution in [3.05, 3.63) is 29.3 Å². The Morgan fingerprint density at radius 3 is 3.00 bits per heavy atom. The van der Waals surface area contributed by atoms with Gasteiger partial charge in [0.2, 0.25) is 5.91 Å². The van der Waals surface area contributed by atoms with Crippen LogP contribution in [0.1, 0.15) is 26.2 Å². The van der Waals surface area contributed by atoms with Gasteiger partial charge in [-0.25, -0.2) is 0 Å². The molecule has 0 radical (unpaired) electrons. The third-order valence-electron chi connectivity index (χ3n) is 3.55. The summed E-state index contributed by atoms with van der Waals surface area (Å²) < 4.78 is 5.54. The van der Waals surface area contributed by atoms with E-state index in [1.807, 2.05) is 4.90 Å². The largest absolute Gasteiger partial charge is 0.481 e. The topological polar surface area (TPSA) is 58.6 Å². The second-order valence-corrected chi connectivity index (χ2v) is 5.78. The first-order valence-corrected chi connectivity index (χ1v) is 7.92. The zero-order valence-corrected chi connectivity index (χ0v) is 13.4. The van der Waals surface area contributed by atoms with Crippen LogP contribution >= 0.6 is 11.6 Å². The Morgan fingerprint density at radius 2 is 2.32 bits per heavy atom. The van der Waals surface area contributed by atoms with E-state index in [2.05, 4.69) is 5.32 Å². The predicted octanol–water partition coefficient (Wildman–Crippen LogP) is 2.24. The minimum atomic E-state index is -0.591. The summed E-state index contributed by atoms with van der Waals surface area (Å²) >= 11 is 5.87. The first-order valence-electron chi connectivity index (χ1n) is 7.54. The molecule has 0 bridgehead atoms. The molecular formula is C16H21ClN2O3. The molecule has 2 rings (SSSR count). The van der Waals surface area contributed by atoms with Crippen molar-refractivity contribution in [2.24, 2.45) is 0 Å². The van der Waals surface area contributed by atoms with Crippen LogP contribution in [0.15, 0.2) is 24.3 Å². The summed E-state index contributed by atoms with van der Waals surface area (Å²) in [4.78, 5) is 25.2. The van der Waals surface area contributed by atoms with Gasteiger partial charge in [0.05, 0.1) is 0 Å². The van der Waals surface area contributed by atoms with Gasteiger partial charge in [-0.05, 0) is 38.0 Å². The smallest absolute Gasteiger partial charge is 0.260 e. The Balaban J connectivity index is 1.67. The standard InChI is InChI=1S/C16H21ClN2O3/c1-12(22-14-6-2-5-13(17)11-14)16(21)18-8-4-10-19-9-3-7-15(19)20/h2,5-6,11-12H,3-4,7-10H2,1H3,(H,18,21). The van der Waals surface area contributed by atoms with Crippen molar-refractivity contribution in [2.45, 2.75) is 32.3 Å². The molecule has 1 aliphatic heterocycles. The highest BCUT2D eigenvalue weighted by Gasteiger charge is 2.19. The van der Waals surface area contributed by atoms with Crippen LogP contribution < -0.4 is 10.1 Å². The lowest BCUT2D eigenvalue weighted by Crippen LogP contribution is -2.38. The van der Waals surface area contributed by atoms with Gasteiger partial charge in [0.1, 0.15) is 5.75 Å². The Bertz CT molecular complexity index is 536. The fourth-order valence-corrected chi connectivity index (χ4v) is 2.54. The summed E-state index contributed by atoms with van der Waals surface area (Å²) in [6.07, 6.45) is 1.75. The van der Waals surface area contributed by atoms with Gasteiger partial charge in [0, 0.05) is 31.1 Å². The third kappa shape index (κ3) is 4.91. The molecule has 0 aromatic heterocycles. The molecule has 1 N–H and O–H groups in total. The molecule has 0 aliphatic carbocycles. The second kappa shape index (κ2) is 8.03. The highest BCUT2D eigenvalue weighted by Crippen LogP contribution is 2.18. The van der Waals surface area contributed by atoms with Crippen molar-refractivity contribution in [2.75, 3.05) is 19.6 Å². The van der Waals surface area contributed by atoms with E-state index >= 15 is 0 Å². The number of benzene rings is 1. The van der Waals surface area contributed by atoms with Crippen LogP contribution in [0.3, 0.4) is 0 Å². The van der Waals surface area contributed by atoms with E-state index in [0.717, 1.165) is 19.4 Å². The molecule has 1 aromatic carbocycles. The SMILES string of the molecule is CC(Oc1cccc(Cl)c1)C(=O)NCCCN1CCCC1=O. The average Bonchev–Trinajstić information content (AvgIpc) is 2.88. The second-order valence-electron chi connectivity index (χ2n) is 5.35. The van der Waals surface area contributed by atoms with Gasteiger partial charge in [0.25, 0.3) is 5.91 Å². The lowest BCUT2D eigenvalue weighted by atomic mass is 10.3. The van der Waals surface area contributed by atoms with Crippen molar-refractivity contribution in [1.29, 1.82) is 0 Å². The summed E-state index contributed by atoms with van der Waals surface area (Å²) in [5.74, 6) is 0.606. The number of likely N-dealkylation sites (tertiary alicyclic amines) is 1. The van der Waals surface area contributed by atoms with Gasteiger partial charge < -0.3 is 15.0 Å². The van der Waals surface area contributed by atoms with Gasteiger partial charge in [0.15, 0.2) is 6.10 Å². The van der Waals surface area contributed by atoms with E-state index in [0.29, 0.717) is 30.3 Å². The summed E-state index contributed by atoms with van der Waals surface area (Å²) in [7, 11) is 0. The van der Waals surface area contributed by atoms with E-state index < -0.39 is 6.10 Å². The summed E-state index contributed by atoms with van der Waals surface area (Å²) in [5.41, 5.74) is 0. The van der Waals surface area contributed by atoms with E-state index in [1.165, 1.54) is 0 Å². The highest BCUT2D eigenvalue weighted by atomic mass is 35.5. The van der Waals surface area contributed by atoms with Gasteiger partial charge in [-0.2, -0.15) is 0 Å². The van der Waals surface area contributed by atoms with Crippen LogP contribution in [-0.2, 0) is 9.59 Å². The van der Waals surface area contributed by atoms with Crippen LogP contribution in [0, 0.1) is 0 Å². The van der Waals surface area contributed by atoms with Gasteiger partial charge in [-0.1, -0.05) is 17.7 Å². The van der Waals surface area contributed by atoms with Crippen LogP contribution in [0.25, 0.3) is 0 Å². The first kappa shape index (κ1) is 16.6. The molecule has 22 heavy (non-hydrogen) atoms. The van der Waals surface area contributed by atoms with Crippen molar-refractivity contribution in [3.63, 3.8) is 0 Å². The summed E-state index contributed by atoms with van der Waals surface area (Å²) in [6.45, 7) is 3.76. The molecule has 1 aromatic rings. The molecule has 1 atom stereocenters. The Hall–Kier alpha value is -1.75. The number of carbonyl (C=O) groups excluding carboxylic acids is 2. The number of ether oxygens (including phenoxy) is 1. The molecule has 1 heterocycles. The Kier molecular flexibility index (Phi) is 6.07. The van der Waals surface area contributed by atoms with Crippen LogP contribution in [0.4, 0.5) is 0 Å². The lowest BCUT2D eigenvalue weighted by Gasteiger charge is -2.17. The molecule has 1 aliphatic rings. The number of halogens is 1. The zero-order valence-electron chi connectivity index (χ0n) is 12.7. The molecule has 120 valence electrons. The maximum absolute atomic E-state index is 11.9. The number of hydrogen-bond donors (Lipinski definition) is 1. The summed E-state index contributed by atoms with van der Waals surface area (Å²) in [5, 5.41) is 3.39. The number of nitrogens with zero attached hydrogens (tertiary/aromatic N) is 1. The predicted molar refractivity (Wildman–Crippen MR) is 85.0 cm³/mol. The number of amides is 2. The minimum Gasteiger partial charge on any atom is -0.481 e. The molecule has 1 fully saturated rings. The highest BCUT2D eigenvalue weighted by molar-refractivity contribution is 6.30. The fraction of sp³-hybridized carbons (Fsp3) is 0.500. The number of hydrogen-bond acceptors (Lipinski definition) is 3. The monoisotopic (exact) mass is 324 g/mol. The van der Waals surface area contributed by atoms with Crippen molar-refractivity contribution < 1.29 is 14.3 Å². The molecule has 2 amide bonds. The Morgan fingerprint density at radius 1 is 1.50 bits per heavy atom. The van der Waals surface area contributed by atoms with Gasteiger partial charge >= 0.3 is 0 Å². The first-order chi connectivity index (χ1) is 10.6. The molecule has 1 saturated heterocycles. The number of carbonyl (C=O) groups is 2. The molecule has 0 saturated carbocycles. The quantitative estimate of drug-likeness (QED) is 0.782. The van der Waals surface area contributed by atoms with Crippen molar-refractivity contribution >= 4 is 23.4 Å². The van der Waals surface area contributed by atoms with E-state index in [-0.39, 0.29) is 11.8 Å². The van der Waals surface area contributed by atoms with E-state index in [4.69, 9.17) is 16.3 Å². The maximum atomic E-state index is 11.9. The summed E-state index contributed by atoms with van der Waals surface area (Å²) in [6, 6.07) is 6.95. The normalized spacial score (nSPS) is 15.7. The maximum Gasteiger partial charge on any atom is 0.260 e. The average molecular weight is 325 g/mol. The van der Waals surface area contributed by atoms with E-state index in [1.54, 1.807) is 31.2 Å². The zero-order chi connectivity index (χ0) is 15.9. The number of nitrogens with one attached hydrogen (secondary N) is 1. The van der Waals surface area contributed by atoms with Gasteiger partial charge in [-0.15, -0.1) is 0 Å². The van der Waals surface area contributed by atoms with Crippen LogP contribution in [0.2, 0.25) is 5.02 Å². The molecule has 6 heteroatoms. The lowest BCUT2D eigenvalue weighted by molar-refractivity contribution is -0.127. The van der Waals surface area contributed by atoms with E-state index in [9.17, 15) is 9.59 Å². The Labute approximate surface area is 135 Å². The van der Waals surface area contributed by atoms with Crippen molar-refractivity contribution in [3.8, 4) is 5.75 Å².